The normalized spacial score (nSPS) is 16.6. The molecule has 25 heavy (non-hydrogen) atoms. The van der Waals surface area contributed by atoms with Crippen molar-refractivity contribution in [1.29, 1.82) is 0 Å². The van der Waals surface area contributed by atoms with Crippen LogP contribution in [-0.4, -0.2) is 31.3 Å². The van der Waals surface area contributed by atoms with E-state index in [2.05, 4.69) is 10.6 Å². The highest BCUT2D eigenvalue weighted by atomic mass is 35.5. The Hall–Kier alpha value is -2.17. The molecule has 5 heteroatoms. The van der Waals surface area contributed by atoms with Crippen molar-refractivity contribution >= 4 is 23.3 Å². The summed E-state index contributed by atoms with van der Waals surface area (Å²) in [6.07, 6.45) is 2.10. The summed E-state index contributed by atoms with van der Waals surface area (Å²) in [5.41, 5.74) is 1.33. The maximum Gasteiger partial charge on any atom is 0.252 e. The Morgan fingerprint density at radius 2 is 1.80 bits per heavy atom. The number of carbonyl (C=O) groups excluding carboxylic acids is 2. The second kappa shape index (κ2) is 8.28. The first-order valence-electron chi connectivity index (χ1n) is 8.53. The van der Waals surface area contributed by atoms with Crippen molar-refractivity contribution in [3.63, 3.8) is 0 Å². The number of nitrogens with one attached hydrogen (secondary N) is 2. The van der Waals surface area contributed by atoms with E-state index in [1.807, 2.05) is 0 Å². The Morgan fingerprint density at radius 1 is 1.08 bits per heavy atom. The number of carbonyl (C=O) groups is 2. The minimum Gasteiger partial charge on any atom is -0.352 e. The predicted octanol–water partition coefficient (Wildman–Crippen LogP) is 3.30. The van der Waals surface area contributed by atoms with Crippen LogP contribution in [0.25, 0.3) is 0 Å². The quantitative estimate of drug-likeness (QED) is 0.781. The topological polar surface area (TPSA) is 58.2 Å². The van der Waals surface area contributed by atoms with Gasteiger partial charge >= 0.3 is 0 Å². The van der Waals surface area contributed by atoms with Crippen molar-refractivity contribution in [3.05, 3.63) is 70.2 Å². The van der Waals surface area contributed by atoms with Gasteiger partial charge in [0.15, 0.2) is 5.78 Å². The van der Waals surface area contributed by atoms with Crippen LogP contribution in [-0.2, 0) is 0 Å². The van der Waals surface area contributed by atoms with Gasteiger partial charge in [-0.15, -0.1) is 0 Å². The smallest absolute Gasteiger partial charge is 0.252 e. The highest BCUT2D eigenvalue weighted by Crippen LogP contribution is 2.17. The maximum absolute atomic E-state index is 12.7. The fourth-order valence-electron chi connectivity index (χ4n) is 3.08. The third-order valence-electron chi connectivity index (χ3n) is 4.52. The van der Waals surface area contributed by atoms with E-state index < -0.39 is 0 Å². The number of amides is 1. The Labute approximate surface area is 152 Å². The lowest BCUT2D eigenvalue weighted by Gasteiger charge is -2.12. The highest BCUT2D eigenvalue weighted by molar-refractivity contribution is 6.30. The molecule has 1 aliphatic heterocycles. The summed E-state index contributed by atoms with van der Waals surface area (Å²) in [6.45, 7) is 2.69. The fourth-order valence-corrected chi connectivity index (χ4v) is 3.21. The van der Waals surface area contributed by atoms with Crippen LogP contribution < -0.4 is 10.6 Å². The van der Waals surface area contributed by atoms with E-state index in [0.717, 1.165) is 25.9 Å². The zero-order valence-electron chi connectivity index (χ0n) is 13.9. The lowest BCUT2D eigenvalue weighted by Crippen LogP contribution is -2.28. The summed E-state index contributed by atoms with van der Waals surface area (Å²) in [5.74, 6) is 0.234. The standard InChI is InChI=1S/C20H21ClN2O2/c21-16-7-5-15(6-8-16)19(24)17-3-1-2-4-18(17)20(25)23-12-10-14-9-11-22-13-14/h1-8,14,22H,9-13H2,(H,23,25). The van der Waals surface area contributed by atoms with Crippen LogP contribution in [0.2, 0.25) is 5.02 Å². The molecule has 1 atom stereocenters. The Morgan fingerprint density at radius 3 is 2.48 bits per heavy atom. The molecule has 1 aliphatic rings. The molecule has 0 saturated carbocycles. The van der Waals surface area contributed by atoms with Gasteiger partial charge in [-0.1, -0.05) is 29.8 Å². The summed E-state index contributed by atoms with van der Waals surface area (Å²) in [4.78, 5) is 25.3. The van der Waals surface area contributed by atoms with Gasteiger partial charge in [-0.05, 0) is 62.2 Å². The molecule has 2 N–H and O–H groups in total. The Bertz CT molecular complexity index is 753. The molecule has 130 valence electrons. The van der Waals surface area contributed by atoms with Gasteiger partial charge in [-0.3, -0.25) is 9.59 Å². The van der Waals surface area contributed by atoms with Gasteiger partial charge in [0.25, 0.3) is 5.91 Å². The van der Waals surface area contributed by atoms with Gasteiger partial charge in [0, 0.05) is 22.7 Å². The van der Waals surface area contributed by atoms with Crippen molar-refractivity contribution in [2.45, 2.75) is 12.8 Å². The molecule has 0 aromatic heterocycles. The monoisotopic (exact) mass is 356 g/mol. The van der Waals surface area contributed by atoms with Crippen molar-refractivity contribution in [3.8, 4) is 0 Å². The summed E-state index contributed by atoms with van der Waals surface area (Å²) in [6, 6.07) is 13.6. The third kappa shape index (κ3) is 4.47. The average Bonchev–Trinajstić information content (AvgIpc) is 3.15. The third-order valence-corrected chi connectivity index (χ3v) is 4.78. The fraction of sp³-hybridized carbons (Fsp3) is 0.300. The van der Waals surface area contributed by atoms with E-state index in [9.17, 15) is 9.59 Å². The van der Waals surface area contributed by atoms with E-state index in [1.54, 1.807) is 48.5 Å². The van der Waals surface area contributed by atoms with Gasteiger partial charge in [0.1, 0.15) is 0 Å². The van der Waals surface area contributed by atoms with Gasteiger partial charge < -0.3 is 10.6 Å². The highest BCUT2D eigenvalue weighted by Gasteiger charge is 2.19. The van der Waals surface area contributed by atoms with E-state index in [-0.39, 0.29) is 11.7 Å². The van der Waals surface area contributed by atoms with Gasteiger partial charge in [0.05, 0.1) is 5.56 Å². The molecule has 2 aromatic rings. The zero-order valence-corrected chi connectivity index (χ0v) is 14.7. The molecule has 1 amide bonds. The molecule has 3 rings (SSSR count). The molecular formula is C20H21ClN2O2. The Balaban J connectivity index is 1.70. The van der Waals surface area contributed by atoms with E-state index >= 15 is 0 Å². The SMILES string of the molecule is O=C(NCCC1CCNC1)c1ccccc1C(=O)c1ccc(Cl)cc1. The van der Waals surface area contributed by atoms with Crippen molar-refractivity contribution < 1.29 is 9.59 Å². The van der Waals surface area contributed by atoms with E-state index in [0.29, 0.717) is 34.2 Å². The van der Waals surface area contributed by atoms with Gasteiger partial charge in [-0.25, -0.2) is 0 Å². The van der Waals surface area contributed by atoms with Crippen LogP contribution in [0.3, 0.4) is 0 Å². The van der Waals surface area contributed by atoms with Crippen molar-refractivity contribution in [2.24, 2.45) is 5.92 Å². The molecule has 0 radical (unpaired) electrons. The number of benzene rings is 2. The molecule has 2 aromatic carbocycles. The largest absolute Gasteiger partial charge is 0.352 e. The second-order valence-electron chi connectivity index (χ2n) is 6.29. The molecule has 1 fully saturated rings. The van der Waals surface area contributed by atoms with Crippen LogP contribution in [0.1, 0.15) is 39.1 Å². The van der Waals surface area contributed by atoms with E-state index in [1.165, 1.54) is 0 Å². The van der Waals surface area contributed by atoms with E-state index in [4.69, 9.17) is 11.6 Å². The number of rotatable bonds is 6. The first-order chi connectivity index (χ1) is 12.1. The van der Waals surface area contributed by atoms with Crippen molar-refractivity contribution in [2.75, 3.05) is 19.6 Å². The number of hydrogen-bond donors (Lipinski definition) is 2. The minimum atomic E-state index is -0.205. The maximum atomic E-state index is 12.7. The predicted molar refractivity (Wildman–Crippen MR) is 99.3 cm³/mol. The summed E-state index contributed by atoms with van der Waals surface area (Å²) in [7, 11) is 0. The lowest BCUT2D eigenvalue weighted by molar-refractivity contribution is 0.0940. The average molecular weight is 357 g/mol. The summed E-state index contributed by atoms with van der Waals surface area (Å²) < 4.78 is 0. The van der Waals surface area contributed by atoms with Crippen LogP contribution in [0.4, 0.5) is 0 Å². The van der Waals surface area contributed by atoms with Crippen molar-refractivity contribution in [1.82, 2.24) is 10.6 Å². The molecule has 0 bridgehead atoms. The summed E-state index contributed by atoms with van der Waals surface area (Å²) >= 11 is 5.88. The number of ketones is 1. The zero-order chi connectivity index (χ0) is 17.6. The molecule has 1 saturated heterocycles. The first-order valence-corrected chi connectivity index (χ1v) is 8.91. The van der Waals surface area contributed by atoms with Crippen LogP contribution in [0.5, 0.6) is 0 Å². The van der Waals surface area contributed by atoms with Gasteiger partial charge in [0.2, 0.25) is 0 Å². The number of hydrogen-bond acceptors (Lipinski definition) is 3. The van der Waals surface area contributed by atoms with Crippen LogP contribution in [0.15, 0.2) is 48.5 Å². The molecule has 1 unspecified atom stereocenters. The second-order valence-corrected chi connectivity index (χ2v) is 6.72. The van der Waals surface area contributed by atoms with Gasteiger partial charge in [-0.2, -0.15) is 0 Å². The minimum absolute atomic E-state index is 0.178. The molecule has 0 spiro atoms. The molecule has 1 heterocycles. The van der Waals surface area contributed by atoms with Crippen LogP contribution in [0, 0.1) is 5.92 Å². The van der Waals surface area contributed by atoms with Crippen LogP contribution >= 0.6 is 11.6 Å². The Kier molecular flexibility index (Phi) is 5.84. The molecule has 0 aliphatic carbocycles. The first kappa shape index (κ1) is 17.6. The molecular weight excluding hydrogens is 336 g/mol. The summed E-state index contributed by atoms with van der Waals surface area (Å²) in [5, 5.41) is 6.84. The molecule has 4 nitrogen and oxygen atoms in total. The lowest BCUT2D eigenvalue weighted by atomic mass is 9.98. The number of halogens is 1.